The van der Waals surface area contributed by atoms with Crippen LogP contribution in [-0.4, -0.2) is 18.3 Å². The largest absolute Gasteiger partial charge is 0.316 e. The van der Waals surface area contributed by atoms with Crippen LogP contribution in [0.3, 0.4) is 0 Å². The molecule has 0 aromatic heterocycles. The number of rotatable bonds is 2. The van der Waals surface area contributed by atoms with Crippen LogP contribution in [-0.2, 0) is 0 Å². The van der Waals surface area contributed by atoms with Gasteiger partial charge in [-0.25, -0.2) is 4.39 Å². The van der Waals surface area contributed by atoms with Crippen LogP contribution >= 0.6 is 24.2 Å². The minimum atomic E-state index is -0.158. The molecule has 1 saturated heterocycles. The standard InChI is InChI=1S/C10H12FNS.ClH/c11-8-1-3-9(4-2-8)13-10-5-6-12-7-10;/h1-4,10,12H,5-7H2;1H/t10-;/m1./s1. The summed E-state index contributed by atoms with van der Waals surface area (Å²) in [7, 11) is 0. The Balaban J connectivity index is 0.000000980. The Hall–Kier alpha value is -0.250. The minimum absolute atomic E-state index is 0. The van der Waals surface area contributed by atoms with Crippen LogP contribution in [0.15, 0.2) is 29.2 Å². The first kappa shape index (κ1) is 11.8. The molecule has 1 aliphatic heterocycles. The first-order valence-electron chi connectivity index (χ1n) is 4.47. The molecule has 1 nitrogen and oxygen atoms in total. The summed E-state index contributed by atoms with van der Waals surface area (Å²) in [5.41, 5.74) is 0. The Bertz CT molecular complexity index is 272. The van der Waals surface area contributed by atoms with Crippen molar-refractivity contribution in [3.8, 4) is 0 Å². The van der Waals surface area contributed by atoms with Crippen molar-refractivity contribution in [3.05, 3.63) is 30.1 Å². The third kappa shape index (κ3) is 3.15. The molecule has 0 radical (unpaired) electrons. The summed E-state index contributed by atoms with van der Waals surface area (Å²) in [4.78, 5) is 1.16. The lowest BCUT2D eigenvalue weighted by Gasteiger charge is -2.06. The van der Waals surface area contributed by atoms with Gasteiger partial charge in [-0.15, -0.1) is 24.2 Å². The molecule has 1 atom stereocenters. The highest BCUT2D eigenvalue weighted by atomic mass is 35.5. The van der Waals surface area contributed by atoms with Crippen LogP contribution in [0.4, 0.5) is 4.39 Å². The summed E-state index contributed by atoms with van der Waals surface area (Å²) in [5.74, 6) is -0.158. The first-order chi connectivity index (χ1) is 6.34. The van der Waals surface area contributed by atoms with Gasteiger partial charge in [0.15, 0.2) is 0 Å². The highest BCUT2D eigenvalue weighted by Gasteiger charge is 2.15. The molecule has 0 bridgehead atoms. The van der Waals surface area contributed by atoms with Crippen LogP contribution in [0.2, 0.25) is 0 Å². The monoisotopic (exact) mass is 233 g/mol. The predicted molar refractivity (Wildman–Crippen MR) is 60.8 cm³/mol. The van der Waals surface area contributed by atoms with Gasteiger partial charge in [-0.1, -0.05) is 0 Å². The van der Waals surface area contributed by atoms with Crippen LogP contribution < -0.4 is 5.32 Å². The lowest BCUT2D eigenvalue weighted by Crippen LogP contribution is -2.09. The number of benzene rings is 1. The Kier molecular flexibility index (Phi) is 4.72. The van der Waals surface area contributed by atoms with Gasteiger partial charge in [0.05, 0.1) is 0 Å². The number of thioether (sulfide) groups is 1. The third-order valence-electron chi connectivity index (χ3n) is 2.13. The minimum Gasteiger partial charge on any atom is -0.316 e. The van der Waals surface area contributed by atoms with Crippen molar-refractivity contribution in [2.75, 3.05) is 13.1 Å². The maximum atomic E-state index is 12.6. The average molecular weight is 234 g/mol. The van der Waals surface area contributed by atoms with E-state index in [0.717, 1.165) is 18.0 Å². The highest BCUT2D eigenvalue weighted by molar-refractivity contribution is 8.00. The Morgan fingerprint density at radius 1 is 1.29 bits per heavy atom. The summed E-state index contributed by atoms with van der Waals surface area (Å²) in [5, 5.41) is 3.97. The van der Waals surface area contributed by atoms with E-state index < -0.39 is 0 Å². The molecular weight excluding hydrogens is 221 g/mol. The van der Waals surface area contributed by atoms with Crippen LogP contribution in [0.5, 0.6) is 0 Å². The second-order valence-corrected chi connectivity index (χ2v) is 4.56. The van der Waals surface area contributed by atoms with Gasteiger partial charge in [-0.3, -0.25) is 0 Å². The first-order valence-corrected chi connectivity index (χ1v) is 5.35. The Morgan fingerprint density at radius 3 is 2.57 bits per heavy atom. The molecule has 0 spiro atoms. The van der Waals surface area contributed by atoms with Gasteiger partial charge < -0.3 is 5.32 Å². The van der Waals surface area contributed by atoms with Gasteiger partial charge in [-0.2, -0.15) is 0 Å². The number of nitrogens with one attached hydrogen (secondary N) is 1. The maximum absolute atomic E-state index is 12.6. The van der Waals surface area contributed by atoms with Gasteiger partial charge in [-0.05, 0) is 37.2 Å². The van der Waals surface area contributed by atoms with Crippen molar-refractivity contribution < 1.29 is 4.39 Å². The second-order valence-electron chi connectivity index (χ2n) is 3.19. The van der Waals surface area contributed by atoms with E-state index in [1.807, 2.05) is 23.9 Å². The normalized spacial score (nSPS) is 20.5. The second kappa shape index (κ2) is 5.59. The molecule has 0 unspecified atom stereocenters. The molecule has 1 aromatic carbocycles. The van der Waals surface area contributed by atoms with Crippen molar-refractivity contribution in [2.45, 2.75) is 16.6 Å². The van der Waals surface area contributed by atoms with E-state index in [9.17, 15) is 4.39 Å². The molecule has 1 aromatic rings. The third-order valence-corrected chi connectivity index (χ3v) is 3.41. The smallest absolute Gasteiger partial charge is 0.123 e. The van der Waals surface area contributed by atoms with Gasteiger partial charge >= 0.3 is 0 Å². The average Bonchev–Trinajstić information content (AvgIpc) is 2.62. The summed E-state index contributed by atoms with van der Waals surface area (Å²) in [6.45, 7) is 2.18. The van der Waals surface area contributed by atoms with E-state index in [-0.39, 0.29) is 18.2 Å². The molecule has 0 aliphatic carbocycles. The number of halogens is 2. The van der Waals surface area contributed by atoms with Gasteiger partial charge in [0.1, 0.15) is 5.82 Å². The zero-order valence-corrected chi connectivity index (χ0v) is 9.34. The maximum Gasteiger partial charge on any atom is 0.123 e. The fourth-order valence-electron chi connectivity index (χ4n) is 1.43. The molecule has 1 heterocycles. The lowest BCUT2D eigenvalue weighted by molar-refractivity contribution is 0.626. The van der Waals surface area contributed by atoms with Gasteiger partial charge in [0.2, 0.25) is 0 Å². The fourth-order valence-corrected chi connectivity index (χ4v) is 2.55. The lowest BCUT2D eigenvalue weighted by atomic mass is 10.3. The topological polar surface area (TPSA) is 12.0 Å². The van der Waals surface area contributed by atoms with E-state index in [4.69, 9.17) is 0 Å². The van der Waals surface area contributed by atoms with Gasteiger partial charge in [0, 0.05) is 16.7 Å². The number of hydrogen-bond donors (Lipinski definition) is 1. The van der Waals surface area contributed by atoms with Crippen LogP contribution in [0.1, 0.15) is 6.42 Å². The highest BCUT2D eigenvalue weighted by Crippen LogP contribution is 2.26. The van der Waals surface area contributed by atoms with E-state index >= 15 is 0 Å². The van der Waals surface area contributed by atoms with Crippen molar-refractivity contribution in [1.29, 1.82) is 0 Å². The molecule has 78 valence electrons. The van der Waals surface area contributed by atoms with Crippen molar-refractivity contribution in [1.82, 2.24) is 5.32 Å². The molecule has 1 aliphatic rings. The van der Waals surface area contributed by atoms with E-state index in [1.165, 1.54) is 18.6 Å². The Morgan fingerprint density at radius 2 is 2.00 bits per heavy atom. The summed E-state index contributed by atoms with van der Waals surface area (Å²) < 4.78 is 12.6. The zero-order chi connectivity index (χ0) is 9.10. The molecule has 0 saturated carbocycles. The predicted octanol–water partition coefficient (Wildman–Crippen LogP) is 2.70. The Labute approximate surface area is 93.9 Å². The zero-order valence-electron chi connectivity index (χ0n) is 7.70. The van der Waals surface area contributed by atoms with Crippen molar-refractivity contribution >= 4 is 24.2 Å². The fraction of sp³-hybridized carbons (Fsp3) is 0.400. The van der Waals surface area contributed by atoms with E-state index in [2.05, 4.69) is 5.32 Å². The molecular formula is C10H13ClFNS. The number of hydrogen-bond acceptors (Lipinski definition) is 2. The van der Waals surface area contributed by atoms with E-state index in [1.54, 1.807) is 0 Å². The summed E-state index contributed by atoms with van der Waals surface area (Å²) >= 11 is 1.83. The molecule has 2 rings (SSSR count). The molecule has 1 N–H and O–H groups in total. The summed E-state index contributed by atoms with van der Waals surface area (Å²) in [6, 6.07) is 6.73. The van der Waals surface area contributed by atoms with E-state index in [0.29, 0.717) is 5.25 Å². The van der Waals surface area contributed by atoms with Crippen molar-refractivity contribution in [3.63, 3.8) is 0 Å². The van der Waals surface area contributed by atoms with Gasteiger partial charge in [0.25, 0.3) is 0 Å². The molecule has 14 heavy (non-hydrogen) atoms. The molecule has 1 fully saturated rings. The van der Waals surface area contributed by atoms with Crippen molar-refractivity contribution in [2.24, 2.45) is 0 Å². The molecule has 4 heteroatoms. The van der Waals surface area contributed by atoms with Crippen LogP contribution in [0, 0.1) is 5.82 Å². The quantitative estimate of drug-likeness (QED) is 0.843. The molecule has 0 amide bonds. The summed E-state index contributed by atoms with van der Waals surface area (Å²) in [6.07, 6.45) is 1.21. The van der Waals surface area contributed by atoms with Crippen LogP contribution in [0.25, 0.3) is 0 Å². The SMILES string of the molecule is Cl.Fc1ccc(S[C@@H]2CCNC2)cc1.